The number of alkyl carbamates (subject to hydrolysis) is 2. The smallest absolute Gasteiger partial charge is 0.444 e. The van der Waals surface area contributed by atoms with Crippen molar-refractivity contribution < 1.29 is 52.3 Å². The first-order valence-corrected chi connectivity index (χ1v) is 26.2. The second-order valence-corrected chi connectivity index (χ2v) is 24.1. The number of hydrogen-bond donors (Lipinski definition) is 4. The topological polar surface area (TPSA) is 205 Å². The summed E-state index contributed by atoms with van der Waals surface area (Å²) < 4.78 is 23.9. The Labute approximate surface area is 432 Å². The van der Waals surface area contributed by atoms with Crippen LogP contribution < -0.4 is 21.3 Å². The van der Waals surface area contributed by atoms with Gasteiger partial charge in [-0.25, -0.2) is 9.59 Å². The molecule has 1 heterocycles. The van der Waals surface area contributed by atoms with Gasteiger partial charge in [-0.2, -0.15) is 0 Å². The van der Waals surface area contributed by atoms with Gasteiger partial charge in [0.05, 0.1) is 23.8 Å². The molecule has 3 saturated carbocycles. The zero-order valence-corrected chi connectivity index (χ0v) is 45.6. The van der Waals surface area contributed by atoms with E-state index in [1.54, 1.807) is 84.9 Å². The van der Waals surface area contributed by atoms with Crippen molar-refractivity contribution in [3.05, 3.63) is 59.1 Å². The molecule has 4 fully saturated rings. The molecule has 396 valence electrons. The van der Waals surface area contributed by atoms with Gasteiger partial charge < -0.3 is 40.0 Å². The van der Waals surface area contributed by atoms with Gasteiger partial charge in [0.1, 0.15) is 11.2 Å². The summed E-state index contributed by atoms with van der Waals surface area (Å²) in [7, 11) is -0.547. The van der Waals surface area contributed by atoms with Gasteiger partial charge in [-0.1, -0.05) is 89.5 Å². The lowest BCUT2D eigenvalue weighted by atomic mass is 9.43. The molecule has 4 amide bonds. The van der Waals surface area contributed by atoms with Crippen molar-refractivity contribution in [2.45, 2.75) is 182 Å². The normalized spacial score (nSPS) is 22.2. The van der Waals surface area contributed by atoms with Crippen LogP contribution in [0.25, 0.3) is 11.1 Å². The fourth-order valence-corrected chi connectivity index (χ4v) is 10.5. The highest BCUT2D eigenvalue weighted by molar-refractivity contribution is 6.47. The number of amides is 4. The molecule has 9 atom stereocenters. The Kier molecular flexibility index (Phi) is 19.4. The van der Waals surface area contributed by atoms with Crippen molar-refractivity contribution in [1.29, 1.82) is 0 Å². The first-order chi connectivity index (χ1) is 33.4. The lowest BCUT2D eigenvalue weighted by Gasteiger charge is -2.64. The molecule has 1 unspecified atom stereocenters. The molecule has 1 saturated heterocycles. The van der Waals surface area contributed by atoms with E-state index in [-0.39, 0.29) is 80.0 Å². The van der Waals surface area contributed by atoms with Crippen LogP contribution in [-0.2, 0) is 38.0 Å². The predicted octanol–water partition coefficient (Wildman–Crippen LogP) is 9.71. The molecule has 0 aromatic heterocycles. The second-order valence-electron chi connectivity index (χ2n) is 23.7. The minimum Gasteiger partial charge on any atom is -0.444 e. The van der Waals surface area contributed by atoms with Crippen LogP contribution >= 0.6 is 11.6 Å². The summed E-state index contributed by atoms with van der Waals surface area (Å²) >= 11 is 6.08. The lowest BCUT2D eigenvalue weighted by Crippen LogP contribution is -2.65. The van der Waals surface area contributed by atoms with Gasteiger partial charge in [-0.3, -0.25) is 24.0 Å². The molecule has 15 nitrogen and oxygen atoms in total. The third kappa shape index (κ3) is 15.9. The zero-order chi connectivity index (χ0) is 53.5. The van der Waals surface area contributed by atoms with E-state index in [2.05, 4.69) is 42.0 Å². The SMILES string of the molecule is CC(C)C[C@H](NC(=O)[C@H](C)CC(=O)[C@H](CCNC(=O)OC(C)(C)C)NC(=O)[C@H](CCNC(=O)OC(C)(C)C)CC(=O)c1ccc(-c2ccc(Cl)cc2)cc1)C(=O)C[C@@H](C)B1OC2C[C@@H]3C[C@@H](C3(C)C)[C@]2(C)O1. The molecule has 4 N–H and O–H groups in total. The van der Waals surface area contributed by atoms with Crippen LogP contribution in [0.3, 0.4) is 0 Å². The molecule has 1 aliphatic heterocycles. The first kappa shape index (κ1) is 58.1. The molecule has 2 aromatic carbocycles. The highest BCUT2D eigenvalue weighted by Crippen LogP contribution is 2.66. The first-order valence-electron chi connectivity index (χ1n) is 25.8. The summed E-state index contributed by atoms with van der Waals surface area (Å²) in [4.78, 5) is 95.6. The number of ether oxygens (including phenoxy) is 2. The molecule has 0 radical (unpaired) electrons. The molecule has 2 bridgehead atoms. The van der Waals surface area contributed by atoms with Gasteiger partial charge in [0.2, 0.25) is 11.8 Å². The van der Waals surface area contributed by atoms with E-state index in [0.29, 0.717) is 28.8 Å². The maximum atomic E-state index is 14.3. The summed E-state index contributed by atoms with van der Waals surface area (Å²) in [5.74, 6) is -3.31. The molecule has 17 heteroatoms. The van der Waals surface area contributed by atoms with E-state index in [0.717, 1.165) is 24.0 Å². The Morgan fingerprint density at radius 3 is 1.78 bits per heavy atom. The van der Waals surface area contributed by atoms with Crippen molar-refractivity contribution in [3.8, 4) is 11.1 Å². The van der Waals surface area contributed by atoms with E-state index >= 15 is 0 Å². The van der Waals surface area contributed by atoms with Gasteiger partial charge >= 0.3 is 19.3 Å². The molecular weight excluding hydrogens is 939 g/mol. The molecule has 0 spiro atoms. The maximum Gasteiger partial charge on any atom is 0.461 e. The number of nitrogens with one attached hydrogen (secondary N) is 4. The number of hydrogen-bond acceptors (Lipinski definition) is 11. The molecular formula is C55H80BClN4O11. The third-order valence-electron chi connectivity index (χ3n) is 14.5. The summed E-state index contributed by atoms with van der Waals surface area (Å²) in [6.45, 7) is 24.4. The fourth-order valence-electron chi connectivity index (χ4n) is 10.4. The third-order valence-corrected chi connectivity index (χ3v) is 14.7. The van der Waals surface area contributed by atoms with Gasteiger partial charge in [0, 0.05) is 54.8 Å². The highest BCUT2D eigenvalue weighted by Gasteiger charge is 2.68. The van der Waals surface area contributed by atoms with Gasteiger partial charge in [0.25, 0.3) is 0 Å². The van der Waals surface area contributed by atoms with E-state index in [9.17, 15) is 33.6 Å². The minimum atomic E-state index is -1.21. The van der Waals surface area contributed by atoms with Crippen molar-refractivity contribution in [1.82, 2.24) is 21.3 Å². The monoisotopic (exact) mass is 1020 g/mol. The number of rotatable bonds is 23. The minimum absolute atomic E-state index is 0.0114. The summed E-state index contributed by atoms with van der Waals surface area (Å²) in [5, 5.41) is 11.6. The molecule has 6 rings (SSSR count). The molecule has 2 aromatic rings. The van der Waals surface area contributed by atoms with Crippen LogP contribution in [0.4, 0.5) is 9.59 Å². The Balaban J connectivity index is 1.28. The van der Waals surface area contributed by atoms with Crippen LogP contribution in [0, 0.1) is 35.0 Å². The van der Waals surface area contributed by atoms with Crippen molar-refractivity contribution >= 4 is 60.1 Å². The Hall–Kier alpha value is -4.80. The lowest BCUT2D eigenvalue weighted by molar-refractivity contribution is -0.199. The average molecular weight is 1020 g/mol. The zero-order valence-electron chi connectivity index (χ0n) is 44.8. The van der Waals surface area contributed by atoms with Crippen molar-refractivity contribution in [2.24, 2.45) is 35.0 Å². The van der Waals surface area contributed by atoms with Crippen LogP contribution in [-0.4, -0.2) is 96.5 Å². The van der Waals surface area contributed by atoms with E-state index in [1.807, 2.05) is 32.9 Å². The second kappa shape index (κ2) is 24.0. The van der Waals surface area contributed by atoms with Crippen LogP contribution in [0.5, 0.6) is 0 Å². The summed E-state index contributed by atoms with van der Waals surface area (Å²) in [6.07, 6.45) is 0.470. The maximum absolute atomic E-state index is 14.3. The Morgan fingerprint density at radius 1 is 0.708 bits per heavy atom. The van der Waals surface area contributed by atoms with Crippen LogP contribution in [0.2, 0.25) is 10.8 Å². The van der Waals surface area contributed by atoms with Crippen LogP contribution in [0.15, 0.2) is 48.5 Å². The number of ketones is 3. The number of carbonyl (C=O) groups excluding carboxylic acids is 7. The van der Waals surface area contributed by atoms with E-state index < -0.39 is 77.6 Å². The largest absolute Gasteiger partial charge is 0.461 e. The van der Waals surface area contributed by atoms with E-state index in [1.165, 1.54) is 0 Å². The average Bonchev–Trinajstić information content (AvgIpc) is 3.64. The number of Topliss-reactive ketones (excluding diaryl/α,β-unsaturated/α-hetero) is 3. The molecule has 4 aliphatic rings. The van der Waals surface area contributed by atoms with E-state index in [4.69, 9.17) is 30.4 Å². The Morgan fingerprint density at radius 2 is 1.24 bits per heavy atom. The molecule has 72 heavy (non-hydrogen) atoms. The number of benzene rings is 2. The number of carbonyl (C=O) groups is 7. The van der Waals surface area contributed by atoms with Crippen LogP contribution in [0.1, 0.15) is 152 Å². The van der Waals surface area contributed by atoms with Crippen molar-refractivity contribution in [2.75, 3.05) is 13.1 Å². The molecule has 3 aliphatic carbocycles. The fraction of sp³-hybridized carbons (Fsp3) is 0.655. The van der Waals surface area contributed by atoms with Gasteiger partial charge in [-0.05, 0) is 133 Å². The van der Waals surface area contributed by atoms with Crippen molar-refractivity contribution in [3.63, 3.8) is 0 Å². The summed E-state index contributed by atoms with van der Waals surface area (Å²) in [6, 6.07) is 12.2. The predicted molar refractivity (Wildman–Crippen MR) is 278 cm³/mol. The highest BCUT2D eigenvalue weighted by atomic mass is 35.5. The standard InChI is InChI=1S/C55H80BClN4O11/c1-32(2)26-42(45(64)28-34(4)56-71-47-31-39-30-46(54(39,11)12)55(47,13)72-56)61-48(65)33(3)27-44(63)41(23-25-59-51(68)70-53(8,9)10)60-49(66)38(22-24-58-50(67)69-52(5,6)7)29-43(62)37-16-14-35(15-17-37)36-18-20-40(57)21-19-36/h14-21,32-34,38-39,41-42,46-47H,22-31H2,1-13H3,(H,58,67)(H,59,68)(H,60,66)(H,61,65)/t33-,34-,38-,39+,41+,42+,46+,47?,55+/m1/s1. The number of halogens is 1. The van der Waals surface area contributed by atoms with Gasteiger partial charge in [0.15, 0.2) is 17.3 Å². The quantitative estimate of drug-likeness (QED) is 0.0609. The van der Waals surface area contributed by atoms with Gasteiger partial charge in [-0.15, -0.1) is 0 Å². The summed E-state index contributed by atoms with van der Waals surface area (Å²) in [5.41, 5.74) is 0.309. The Bertz CT molecular complexity index is 2260.